The molecule has 10 heteroatoms. The summed E-state index contributed by atoms with van der Waals surface area (Å²) >= 11 is 0. The fraction of sp³-hybridized carbons (Fsp3) is 0.200. The molecule has 0 saturated heterocycles. The lowest BCUT2D eigenvalue weighted by atomic mass is 10.2. The van der Waals surface area contributed by atoms with Gasteiger partial charge in [-0.25, -0.2) is 0 Å². The number of carbonyl (C=O) groups is 1. The molecule has 0 aliphatic carbocycles. The summed E-state index contributed by atoms with van der Waals surface area (Å²) in [6.45, 7) is 2.91. The molecular formula is C15H15N7O3. The summed E-state index contributed by atoms with van der Waals surface area (Å²) in [5, 5.41) is 24.3. The summed E-state index contributed by atoms with van der Waals surface area (Å²) in [7, 11) is 0. The first kappa shape index (κ1) is 16.3. The van der Waals surface area contributed by atoms with E-state index in [2.05, 4.69) is 25.6 Å². The third-order valence-electron chi connectivity index (χ3n) is 3.60. The molecule has 0 fully saturated rings. The lowest BCUT2D eigenvalue weighted by Crippen LogP contribution is -2.21. The van der Waals surface area contributed by atoms with Gasteiger partial charge in [-0.2, -0.15) is 10.1 Å². The van der Waals surface area contributed by atoms with E-state index in [1.54, 1.807) is 6.92 Å². The van der Waals surface area contributed by atoms with E-state index in [0.717, 1.165) is 5.56 Å². The van der Waals surface area contributed by atoms with Crippen molar-refractivity contribution in [3.8, 4) is 11.4 Å². The van der Waals surface area contributed by atoms with Crippen molar-refractivity contribution in [2.75, 3.05) is 5.32 Å². The fourth-order valence-corrected chi connectivity index (χ4v) is 2.45. The van der Waals surface area contributed by atoms with Gasteiger partial charge < -0.3 is 0 Å². The number of hydrogen-bond donors (Lipinski definition) is 2. The number of hydrogen-bond acceptors (Lipinski definition) is 6. The number of aromatic nitrogens is 5. The van der Waals surface area contributed by atoms with E-state index in [1.807, 2.05) is 30.3 Å². The molecule has 1 amide bonds. The lowest BCUT2D eigenvalue weighted by Gasteiger charge is -2.03. The van der Waals surface area contributed by atoms with Crippen LogP contribution in [0.5, 0.6) is 0 Å². The van der Waals surface area contributed by atoms with Gasteiger partial charge in [0.25, 0.3) is 0 Å². The molecule has 0 radical (unpaired) electrons. The Morgan fingerprint density at radius 3 is 2.68 bits per heavy atom. The minimum atomic E-state index is -0.506. The highest BCUT2D eigenvalue weighted by Gasteiger charge is 2.23. The molecule has 0 unspecified atom stereocenters. The average Bonchev–Trinajstić information content (AvgIpc) is 3.13. The molecule has 0 bridgehead atoms. The third kappa shape index (κ3) is 3.37. The SMILES string of the molecule is Cc1nn(CC(=O)Nc2n[nH]c(-c3ccccc3)n2)c(C)c1[N+](=O)[O-]. The number of H-pyrrole nitrogens is 1. The maximum absolute atomic E-state index is 12.1. The zero-order valence-electron chi connectivity index (χ0n) is 13.6. The largest absolute Gasteiger partial charge is 0.312 e. The van der Waals surface area contributed by atoms with E-state index in [0.29, 0.717) is 11.5 Å². The van der Waals surface area contributed by atoms with Gasteiger partial charge in [-0.3, -0.25) is 30.0 Å². The van der Waals surface area contributed by atoms with E-state index in [4.69, 9.17) is 0 Å². The van der Waals surface area contributed by atoms with Crippen molar-refractivity contribution in [2.24, 2.45) is 0 Å². The number of carbonyl (C=O) groups excluding carboxylic acids is 1. The highest BCUT2D eigenvalue weighted by atomic mass is 16.6. The van der Waals surface area contributed by atoms with Crippen LogP contribution in [0.2, 0.25) is 0 Å². The van der Waals surface area contributed by atoms with Crippen LogP contribution in [-0.4, -0.2) is 35.8 Å². The monoisotopic (exact) mass is 341 g/mol. The summed E-state index contributed by atoms with van der Waals surface area (Å²) in [6, 6.07) is 9.34. The Labute approximate surface area is 142 Å². The Balaban J connectivity index is 1.71. The molecule has 25 heavy (non-hydrogen) atoms. The van der Waals surface area contributed by atoms with Crippen molar-refractivity contribution in [3.63, 3.8) is 0 Å². The van der Waals surface area contributed by atoms with Gasteiger partial charge in [0, 0.05) is 5.56 Å². The van der Waals surface area contributed by atoms with E-state index >= 15 is 0 Å². The quantitative estimate of drug-likeness (QED) is 0.537. The summed E-state index contributed by atoms with van der Waals surface area (Å²) in [6.07, 6.45) is 0. The summed E-state index contributed by atoms with van der Waals surface area (Å²) in [5.41, 5.74) is 1.33. The molecule has 2 heterocycles. The Morgan fingerprint density at radius 1 is 1.32 bits per heavy atom. The molecule has 1 aromatic carbocycles. The number of aromatic amines is 1. The molecule has 128 valence electrons. The van der Waals surface area contributed by atoms with E-state index in [1.165, 1.54) is 11.6 Å². The summed E-state index contributed by atoms with van der Waals surface area (Å²) in [5.74, 6) is 0.219. The number of rotatable bonds is 5. The summed E-state index contributed by atoms with van der Waals surface area (Å²) in [4.78, 5) is 26.8. The van der Waals surface area contributed by atoms with E-state index < -0.39 is 10.8 Å². The molecule has 0 atom stereocenters. The Hall–Kier alpha value is -3.56. The number of amides is 1. The lowest BCUT2D eigenvalue weighted by molar-refractivity contribution is -0.386. The van der Waals surface area contributed by atoms with Crippen LogP contribution >= 0.6 is 0 Å². The molecule has 0 saturated carbocycles. The van der Waals surface area contributed by atoms with Crippen LogP contribution in [0, 0.1) is 24.0 Å². The van der Waals surface area contributed by atoms with Crippen LogP contribution in [0.25, 0.3) is 11.4 Å². The number of nitro groups is 1. The van der Waals surface area contributed by atoms with Crippen LogP contribution in [0.4, 0.5) is 11.6 Å². The first-order chi connectivity index (χ1) is 12.0. The molecular weight excluding hydrogens is 326 g/mol. The highest BCUT2D eigenvalue weighted by Crippen LogP contribution is 2.21. The van der Waals surface area contributed by atoms with Crippen LogP contribution in [0.1, 0.15) is 11.4 Å². The number of nitrogens with zero attached hydrogens (tertiary/aromatic N) is 5. The average molecular weight is 341 g/mol. The number of nitrogens with one attached hydrogen (secondary N) is 2. The van der Waals surface area contributed by atoms with Crippen molar-refractivity contribution >= 4 is 17.5 Å². The second-order valence-corrected chi connectivity index (χ2v) is 5.36. The Morgan fingerprint density at radius 2 is 2.04 bits per heavy atom. The molecule has 3 rings (SSSR count). The van der Waals surface area contributed by atoms with Crippen molar-refractivity contribution in [2.45, 2.75) is 20.4 Å². The van der Waals surface area contributed by atoms with Gasteiger partial charge in [-0.15, -0.1) is 5.10 Å². The minimum absolute atomic E-state index is 0.0861. The zero-order valence-corrected chi connectivity index (χ0v) is 13.6. The predicted molar refractivity (Wildman–Crippen MR) is 88.8 cm³/mol. The number of aryl methyl sites for hydroxylation is 1. The van der Waals surface area contributed by atoms with E-state index in [9.17, 15) is 14.9 Å². The van der Waals surface area contributed by atoms with Gasteiger partial charge in [0.1, 0.15) is 17.9 Å². The first-order valence-corrected chi connectivity index (χ1v) is 7.41. The third-order valence-corrected chi connectivity index (χ3v) is 3.60. The Kier molecular flexibility index (Phi) is 4.25. The van der Waals surface area contributed by atoms with Crippen molar-refractivity contribution in [1.29, 1.82) is 0 Å². The fourth-order valence-electron chi connectivity index (χ4n) is 2.45. The van der Waals surface area contributed by atoms with Gasteiger partial charge >= 0.3 is 5.69 Å². The second-order valence-electron chi connectivity index (χ2n) is 5.36. The van der Waals surface area contributed by atoms with Crippen molar-refractivity contribution in [3.05, 3.63) is 51.8 Å². The van der Waals surface area contributed by atoms with Crippen molar-refractivity contribution in [1.82, 2.24) is 25.0 Å². The molecule has 0 aliphatic heterocycles. The maximum atomic E-state index is 12.1. The molecule has 0 aliphatic rings. The topological polar surface area (TPSA) is 132 Å². The predicted octanol–water partition coefficient (Wildman–Crippen LogP) is 1.83. The van der Waals surface area contributed by atoms with Gasteiger partial charge in [0.15, 0.2) is 5.82 Å². The molecule has 2 N–H and O–H groups in total. The van der Waals surface area contributed by atoms with Gasteiger partial charge in [0.05, 0.1) is 4.92 Å². The summed E-state index contributed by atoms with van der Waals surface area (Å²) < 4.78 is 1.29. The van der Waals surface area contributed by atoms with Crippen LogP contribution in [0.15, 0.2) is 30.3 Å². The van der Waals surface area contributed by atoms with E-state index in [-0.39, 0.29) is 23.9 Å². The highest BCUT2D eigenvalue weighted by molar-refractivity contribution is 5.89. The molecule has 0 spiro atoms. The van der Waals surface area contributed by atoms with Crippen LogP contribution < -0.4 is 5.32 Å². The first-order valence-electron chi connectivity index (χ1n) is 7.41. The minimum Gasteiger partial charge on any atom is -0.292 e. The van der Waals surface area contributed by atoms with Crippen LogP contribution in [-0.2, 0) is 11.3 Å². The maximum Gasteiger partial charge on any atom is 0.312 e. The van der Waals surface area contributed by atoms with Crippen LogP contribution in [0.3, 0.4) is 0 Å². The molecule has 2 aromatic heterocycles. The zero-order chi connectivity index (χ0) is 18.0. The van der Waals surface area contributed by atoms with Gasteiger partial charge in [-0.1, -0.05) is 30.3 Å². The molecule has 3 aromatic rings. The molecule has 10 nitrogen and oxygen atoms in total. The standard InChI is InChI=1S/C15H15N7O3/c1-9-13(22(24)25)10(2)21(20-9)8-12(23)16-15-17-14(18-19-15)11-6-4-3-5-7-11/h3-7H,8H2,1-2H3,(H2,16,17,18,19,23). The normalized spacial score (nSPS) is 10.6. The van der Waals surface area contributed by atoms with Gasteiger partial charge in [-0.05, 0) is 13.8 Å². The number of benzene rings is 1. The van der Waals surface area contributed by atoms with Crippen molar-refractivity contribution < 1.29 is 9.72 Å². The smallest absolute Gasteiger partial charge is 0.292 e. The number of anilines is 1. The van der Waals surface area contributed by atoms with Gasteiger partial charge in [0.2, 0.25) is 11.9 Å². The Bertz CT molecular complexity index is 930. The second kappa shape index (κ2) is 6.51.